The van der Waals surface area contributed by atoms with Crippen LogP contribution in [0.2, 0.25) is 0 Å². The van der Waals surface area contributed by atoms with Crippen molar-refractivity contribution in [3.05, 3.63) is 41.5 Å². The van der Waals surface area contributed by atoms with Crippen molar-refractivity contribution in [1.29, 1.82) is 0 Å². The number of imide groups is 1. The Kier molecular flexibility index (Phi) is 2.73. The van der Waals surface area contributed by atoms with Crippen molar-refractivity contribution in [2.45, 2.75) is 32.0 Å². The van der Waals surface area contributed by atoms with Gasteiger partial charge in [0.25, 0.3) is 0 Å². The summed E-state index contributed by atoms with van der Waals surface area (Å²) in [5.74, 6) is -1.76. The summed E-state index contributed by atoms with van der Waals surface area (Å²) in [5.41, 5.74) is 0.834. The van der Waals surface area contributed by atoms with Gasteiger partial charge in [-0.05, 0) is 44.0 Å². The molecule has 5 heteroatoms. The smallest absolute Gasteiger partial charge is 0.241 e. The van der Waals surface area contributed by atoms with E-state index < -0.39 is 23.0 Å². The maximum atomic E-state index is 13.0. The van der Waals surface area contributed by atoms with Gasteiger partial charge in [0.15, 0.2) is 0 Å². The summed E-state index contributed by atoms with van der Waals surface area (Å²) in [6.07, 6.45) is 3.54. The van der Waals surface area contributed by atoms with Crippen LogP contribution in [0.15, 0.2) is 30.4 Å². The minimum atomic E-state index is -1.07. The fraction of sp³-hybridized carbons (Fsp3) is 0.444. The Balaban J connectivity index is 1.81. The van der Waals surface area contributed by atoms with E-state index in [1.807, 2.05) is 26.0 Å². The topological polar surface area (TPSA) is 66.8 Å². The number of aliphatic hydroxyl groups is 1. The lowest BCUT2D eigenvalue weighted by Gasteiger charge is -2.27. The predicted octanol–water partition coefficient (Wildman–Crippen LogP) is 1.50. The molecule has 1 aromatic carbocycles. The molecule has 3 aliphatic heterocycles. The molecule has 0 unspecified atom stereocenters. The highest BCUT2D eigenvalue weighted by molar-refractivity contribution is 6.23. The van der Waals surface area contributed by atoms with Crippen LogP contribution in [0.5, 0.6) is 0 Å². The summed E-state index contributed by atoms with van der Waals surface area (Å²) in [4.78, 5) is 27.2. The van der Waals surface area contributed by atoms with Crippen LogP contribution < -0.4 is 4.90 Å². The molecule has 2 bridgehead atoms. The fourth-order valence-corrected chi connectivity index (χ4v) is 4.16. The maximum Gasteiger partial charge on any atom is 0.241 e. The minimum Gasteiger partial charge on any atom is -0.393 e. The van der Waals surface area contributed by atoms with Crippen LogP contribution in [-0.4, -0.2) is 34.7 Å². The summed E-state index contributed by atoms with van der Waals surface area (Å²) in [7, 11) is 0. The van der Waals surface area contributed by atoms with Gasteiger partial charge in [-0.1, -0.05) is 18.2 Å². The molecule has 120 valence electrons. The number of rotatable bonds is 2. The van der Waals surface area contributed by atoms with Crippen molar-refractivity contribution in [1.82, 2.24) is 0 Å². The lowest BCUT2D eigenvalue weighted by atomic mass is 9.73. The Morgan fingerprint density at radius 2 is 1.83 bits per heavy atom. The molecule has 0 radical (unpaired) electrons. The third-order valence-electron chi connectivity index (χ3n) is 5.55. The number of aliphatic hydroxyl groups excluding tert-OH is 1. The van der Waals surface area contributed by atoms with E-state index in [-0.39, 0.29) is 18.4 Å². The molecule has 2 fully saturated rings. The number of hydrogen-bond acceptors (Lipinski definition) is 4. The average Bonchev–Trinajstić information content (AvgIpc) is 3.09. The molecule has 4 atom stereocenters. The number of benzene rings is 1. The van der Waals surface area contributed by atoms with Crippen molar-refractivity contribution in [2.75, 3.05) is 11.5 Å². The lowest BCUT2D eigenvalue weighted by molar-refractivity contribution is -0.131. The number of anilines is 1. The molecule has 4 rings (SSSR count). The van der Waals surface area contributed by atoms with Gasteiger partial charge < -0.3 is 9.84 Å². The van der Waals surface area contributed by atoms with E-state index in [1.54, 1.807) is 25.1 Å². The third-order valence-corrected chi connectivity index (χ3v) is 5.55. The molecule has 23 heavy (non-hydrogen) atoms. The number of amides is 2. The molecule has 1 aromatic rings. The van der Waals surface area contributed by atoms with Crippen molar-refractivity contribution in [2.24, 2.45) is 11.8 Å². The molecule has 2 saturated heterocycles. The molecular weight excluding hydrogens is 294 g/mol. The number of aryl methyl sites for hydroxylation is 2. The van der Waals surface area contributed by atoms with E-state index in [9.17, 15) is 14.7 Å². The van der Waals surface area contributed by atoms with E-state index in [0.29, 0.717) is 5.69 Å². The average molecular weight is 313 g/mol. The molecular formula is C18H19NO4. The summed E-state index contributed by atoms with van der Waals surface area (Å²) >= 11 is 0. The highest BCUT2D eigenvalue weighted by Crippen LogP contribution is 2.57. The molecule has 1 N–H and O–H groups in total. The lowest BCUT2D eigenvalue weighted by Crippen LogP contribution is -2.43. The second-order valence-corrected chi connectivity index (χ2v) is 6.97. The first-order chi connectivity index (χ1) is 10.8. The molecule has 2 amide bonds. The van der Waals surface area contributed by atoms with E-state index >= 15 is 0 Å². The van der Waals surface area contributed by atoms with E-state index in [2.05, 4.69) is 0 Å². The van der Waals surface area contributed by atoms with Crippen LogP contribution in [0.25, 0.3) is 0 Å². The summed E-state index contributed by atoms with van der Waals surface area (Å²) in [6, 6.07) is 5.56. The Hall–Kier alpha value is -1.98. The van der Waals surface area contributed by atoms with Crippen molar-refractivity contribution in [3.63, 3.8) is 0 Å². The van der Waals surface area contributed by atoms with Crippen LogP contribution in [0.4, 0.5) is 5.69 Å². The first-order valence-corrected chi connectivity index (χ1v) is 7.79. The Labute approximate surface area is 134 Å². The molecule has 0 saturated carbocycles. The van der Waals surface area contributed by atoms with Crippen LogP contribution in [-0.2, 0) is 14.3 Å². The van der Waals surface area contributed by atoms with Gasteiger partial charge in [0.1, 0.15) is 5.60 Å². The SMILES string of the molecule is Cc1ccc(N2C(=O)[C@@H]3[C@@H](C2=O)[C@@]2(CO)C=C[C@@]3(C)O2)cc1C. The van der Waals surface area contributed by atoms with Crippen LogP contribution in [0.3, 0.4) is 0 Å². The number of hydrogen-bond donors (Lipinski definition) is 1. The third kappa shape index (κ3) is 1.64. The van der Waals surface area contributed by atoms with Crippen molar-refractivity contribution in [3.8, 4) is 0 Å². The highest BCUT2D eigenvalue weighted by Gasteiger charge is 2.72. The Morgan fingerprint density at radius 3 is 2.48 bits per heavy atom. The number of carbonyl (C=O) groups is 2. The Bertz CT molecular complexity index is 770. The number of fused-ring (bicyclic) bond motifs is 5. The zero-order valence-electron chi connectivity index (χ0n) is 13.4. The number of carbonyl (C=O) groups excluding carboxylic acids is 2. The first kappa shape index (κ1) is 14.6. The standard InChI is InChI=1S/C18H19NO4/c1-10-4-5-12(8-11(10)2)19-15(21)13-14(16(19)22)18(9-20)7-6-17(13,3)23-18/h4-8,13-14,20H,9H2,1-3H3/t13-,14-,17+,18-/m0/s1. The predicted molar refractivity (Wildman–Crippen MR) is 83.8 cm³/mol. The van der Waals surface area contributed by atoms with Gasteiger partial charge in [-0.2, -0.15) is 0 Å². The minimum absolute atomic E-state index is 0.245. The quantitative estimate of drug-likeness (QED) is 0.664. The van der Waals surface area contributed by atoms with Gasteiger partial charge in [0, 0.05) is 0 Å². The van der Waals surface area contributed by atoms with Crippen molar-refractivity contribution >= 4 is 17.5 Å². The van der Waals surface area contributed by atoms with Gasteiger partial charge in [0.05, 0.1) is 29.7 Å². The van der Waals surface area contributed by atoms with E-state index in [4.69, 9.17) is 4.74 Å². The monoisotopic (exact) mass is 313 g/mol. The molecule has 0 aromatic heterocycles. The largest absolute Gasteiger partial charge is 0.393 e. The molecule has 3 heterocycles. The molecule has 3 aliphatic rings. The van der Waals surface area contributed by atoms with E-state index in [1.165, 1.54) is 4.90 Å². The number of ether oxygens (including phenoxy) is 1. The first-order valence-electron chi connectivity index (χ1n) is 7.79. The second kappa shape index (κ2) is 4.30. The molecule has 0 aliphatic carbocycles. The fourth-order valence-electron chi connectivity index (χ4n) is 4.16. The van der Waals surface area contributed by atoms with Gasteiger partial charge in [-0.3, -0.25) is 9.59 Å². The van der Waals surface area contributed by atoms with Crippen LogP contribution in [0.1, 0.15) is 18.1 Å². The summed E-state index contributed by atoms with van der Waals surface area (Å²) < 4.78 is 5.90. The van der Waals surface area contributed by atoms with Crippen LogP contribution in [0, 0.1) is 25.7 Å². The Morgan fingerprint density at radius 1 is 1.13 bits per heavy atom. The second-order valence-electron chi connectivity index (χ2n) is 6.97. The summed E-state index contributed by atoms with van der Waals surface area (Å²) in [5, 5.41) is 9.79. The van der Waals surface area contributed by atoms with E-state index in [0.717, 1.165) is 11.1 Å². The molecule has 0 spiro atoms. The van der Waals surface area contributed by atoms with Gasteiger partial charge in [-0.25, -0.2) is 4.90 Å². The summed E-state index contributed by atoms with van der Waals surface area (Å²) in [6.45, 7) is 5.44. The van der Waals surface area contributed by atoms with Crippen LogP contribution >= 0.6 is 0 Å². The zero-order valence-corrected chi connectivity index (χ0v) is 13.4. The number of nitrogens with zero attached hydrogens (tertiary/aromatic N) is 1. The van der Waals surface area contributed by atoms with Gasteiger partial charge in [0.2, 0.25) is 11.8 Å². The zero-order chi connectivity index (χ0) is 16.6. The van der Waals surface area contributed by atoms with Gasteiger partial charge in [-0.15, -0.1) is 0 Å². The molecule has 5 nitrogen and oxygen atoms in total. The van der Waals surface area contributed by atoms with Crippen molar-refractivity contribution < 1.29 is 19.4 Å². The van der Waals surface area contributed by atoms with Gasteiger partial charge >= 0.3 is 0 Å². The highest BCUT2D eigenvalue weighted by atomic mass is 16.5. The normalized spacial score (nSPS) is 37.8. The maximum absolute atomic E-state index is 13.0.